The lowest BCUT2D eigenvalue weighted by Gasteiger charge is -2.09. The Balaban J connectivity index is 2.42. The highest BCUT2D eigenvalue weighted by atomic mass is 79.9. The second-order valence-corrected chi connectivity index (χ2v) is 5.55. The summed E-state index contributed by atoms with van der Waals surface area (Å²) in [6.45, 7) is 3.27. The molecule has 7 heteroatoms. The lowest BCUT2D eigenvalue weighted by atomic mass is 10.1. The monoisotopic (exact) mass is 358 g/mol. The van der Waals surface area contributed by atoms with Gasteiger partial charge in [-0.1, -0.05) is 0 Å². The van der Waals surface area contributed by atoms with Gasteiger partial charge in [-0.25, -0.2) is 8.78 Å². The normalized spacial score (nSPS) is 10.9. The minimum atomic E-state index is -0.972. The van der Waals surface area contributed by atoms with Crippen LogP contribution in [0.5, 0.6) is 0 Å². The molecule has 0 aliphatic rings. The zero-order valence-corrected chi connectivity index (χ0v) is 13.0. The van der Waals surface area contributed by atoms with E-state index < -0.39 is 17.6 Å². The summed E-state index contributed by atoms with van der Waals surface area (Å²) in [6.07, 6.45) is -0.166. The number of carboxylic acids is 1. The zero-order chi connectivity index (χ0) is 15.7. The molecule has 0 saturated heterocycles. The third-order valence-corrected chi connectivity index (χ3v) is 3.92. The molecule has 1 heterocycles. The average Bonchev–Trinajstić information content (AvgIpc) is 2.66. The van der Waals surface area contributed by atoms with Crippen LogP contribution >= 0.6 is 15.9 Å². The average molecular weight is 359 g/mol. The molecule has 112 valence electrons. The summed E-state index contributed by atoms with van der Waals surface area (Å²) in [7, 11) is 0. The van der Waals surface area contributed by atoms with E-state index in [9.17, 15) is 13.6 Å². The topological polar surface area (TPSA) is 55.1 Å². The molecule has 0 spiro atoms. The van der Waals surface area contributed by atoms with Gasteiger partial charge in [0.2, 0.25) is 0 Å². The van der Waals surface area contributed by atoms with Crippen LogP contribution in [0.15, 0.2) is 16.6 Å². The highest BCUT2D eigenvalue weighted by Crippen LogP contribution is 2.23. The molecule has 0 radical (unpaired) electrons. The van der Waals surface area contributed by atoms with Crippen molar-refractivity contribution < 1.29 is 18.7 Å². The van der Waals surface area contributed by atoms with Crippen LogP contribution in [0.25, 0.3) is 0 Å². The van der Waals surface area contributed by atoms with E-state index in [1.165, 1.54) is 16.8 Å². The number of carboxylic acid groups (broad SMARTS) is 1. The van der Waals surface area contributed by atoms with E-state index in [0.717, 1.165) is 0 Å². The van der Waals surface area contributed by atoms with Gasteiger partial charge < -0.3 is 5.11 Å². The number of nitrogens with zero attached hydrogens (tertiary/aromatic N) is 2. The molecule has 2 aromatic rings. The van der Waals surface area contributed by atoms with Gasteiger partial charge >= 0.3 is 5.97 Å². The van der Waals surface area contributed by atoms with Crippen molar-refractivity contribution in [2.24, 2.45) is 0 Å². The molecular weight excluding hydrogens is 346 g/mol. The van der Waals surface area contributed by atoms with Crippen LogP contribution in [0.1, 0.15) is 22.5 Å². The number of aryl methyl sites for hydroxylation is 1. The lowest BCUT2D eigenvalue weighted by Crippen LogP contribution is -2.09. The summed E-state index contributed by atoms with van der Waals surface area (Å²) in [6, 6.07) is 2.47. The maximum Gasteiger partial charge on any atom is 0.307 e. The van der Waals surface area contributed by atoms with Crippen LogP contribution in [0, 0.1) is 25.5 Å². The predicted molar refractivity (Wildman–Crippen MR) is 76.2 cm³/mol. The second-order valence-electron chi connectivity index (χ2n) is 4.70. The molecule has 21 heavy (non-hydrogen) atoms. The molecular formula is C14H13BrF2N2O2. The SMILES string of the molecule is Cc1nn(Cc2c(F)ccc(Br)c2F)c(C)c1CC(=O)O. The van der Waals surface area contributed by atoms with E-state index in [2.05, 4.69) is 21.0 Å². The number of aliphatic carboxylic acids is 1. The third kappa shape index (κ3) is 3.12. The minimum Gasteiger partial charge on any atom is -0.481 e. The molecule has 0 aliphatic carbocycles. The number of aromatic nitrogens is 2. The van der Waals surface area contributed by atoms with Crippen molar-refractivity contribution in [2.45, 2.75) is 26.8 Å². The van der Waals surface area contributed by atoms with E-state index in [1.54, 1.807) is 13.8 Å². The Labute approximate surface area is 128 Å². The molecule has 1 aromatic carbocycles. The van der Waals surface area contributed by atoms with E-state index in [0.29, 0.717) is 17.0 Å². The van der Waals surface area contributed by atoms with Crippen LogP contribution in [-0.2, 0) is 17.8 Å². The van der Waals surface area contributed by atoms with Gasteiger partial charge in [0.15, 0.2) is 0 Å². The van der Waals surface area contributed by atoms with Crippen molar-refractivity contribution in [3.8, 4) is 0 Å². The Kier molecular flexibility index (Phi) is 4.41. The van der Waals surface area contributed by atoms with E-state index in [-0.39, 0.29) is 23.0 Å². The van der Waals surface area contributed by atoms with Gasteiger partial charge in [0.1, 0.15) is 11.6 Å². The zero-order valence-electron chi connectivity index (χ0n) is 11.5. The number of hydrogen-bond donors (Lipinski definition) is 1. The molecule has 0 aliphatic heterocycles. The van der Waals surface area contributed by atoms with Gasteiger partial charge in [-0.3, -0.25) is 9.48 Å². The maximum absolute atomic E-state index is 14.0. The van der Waals surface area contributed by atoms with Crippen molar-refractivity contribution in [3.05, 3.63) is 50.8 Å². The quantitative estimate of drug-likeness (QED) is 0.853. The standard InChI is InChI=1S/C14H13BrF2N2O2/c1-7-9(5-13(20)21)8(2)19(18-7)6-10-12(16)4-3-11(15)14(10)17/h3-4H,5-6H2,1-2H3,(H,20,21). The molecule has 4 nitrogen and oxygen atoms in total. The van der Waals surface area contributed by atoms with Crippen LogP contribution in [0.3, 0.4) is 0 Å². The largest absolute Gasteiger partial charge is 0.481 e. The molecule has 0 bridgehead atoms. The Hall–Kier alpha value is -1.76. The molecule has 2 rings (SSSR count). The molecule has 0 atom stereocenters. The second kappa shape index (κ2) is 5.93. The molecule has 0 amide bonds. The van der Waals surface area contributed by atoms with Crippen molar-refractivity contribution in [1.29, 1.82) is 0 Å². The fourth-order valence-corrected chi connectivity index (χ4v) is 2.53. The van der Waals surface area contributed by atoms with Crippen molar-refractivity contribution in [2.75, 3.05) is 0 Å². The van der Waals surface area contributed by atoms with Gasteiger partial charge in [-0.2, -0.15) is 5.10 Å². The predicted octanol–water partition coefficient (Wildman–Crippen LogP) is 3.22. The minimum absolute atomic E-state index is 0.0939. The first-order chi connectivity index (χ1) is 9.81. The first kappa shape index (κ1) is 15.6. The molecule has 0 saturated carbocycles. The van der Waals surface area contributed by atoms with E-state index in [4.69, 9.17) is 5.11 Å². The van der Waals surface area contributed by atoms with Crippen LogP contribution < -0.4 is 0 Å². The van der Waals surface area contributed by atoms with Crippen molar-refractivity contribution in [3.63, 3.8) is 0 Å². The summed E-state index contributed by atoms with van der Waals surface area (Å²) in [5.74, 6) is -2.31. The lowest BCUT2D eigenvalue weighted by molar-refractivity contribution is -0.136. The molecule has 0 fully saturated rings. The first-order valence-corrected chi connectivity index (χ1v) is 6.97. The number of rotatable bonds is 4. The van der Waals surface area contributed by atoms with Gasteiger partial charge in [-0.05, 0) is 41.9 Å². The van der Waals surface area contributed by atoms with Crippen molar-refractivity contribution in [1.82, 2.24) is 9.78 Å². The molecule has 1 N–H and O–H groups in total. The molecule has 0 unspecified atom stereocenters. The highest BCUT2D eigenvalue weighted by molar-refractivity contribution is 9.10. The van der Waals surface area contributed by atoms with Crippen molar-refractivity contribution >= 4 is 21.9 Å². The number of hydrogen-bond acceptors (Lipinski definition) is 2. The number of carbonyl (C=O) groups is 1. The van der Waals surface area contributed by atoms with Crippen LogP contribution in [-0.4, -0.2) is 20.9 Å². The maximum atomic E-state index is 14.0. The summed E-state index contributed by atoms with van der Waals surface area (Å²) >= 11 is 3.02. The number of halogens is 3. The van der Waals surface area contributed by atoms with E-state index in [1.807, 2.05) is 0 Å². The Morgan fingerprint density at radius 3 is 2.62 bits per heavy atom. The Morgan fingerprint density at radius 2 is 2.00 bits per heavy atom. The summed E-state index contributed by atoms with van der Waals surface area (Å²) in [5.41, 5.74) is 1.59. The van der Waals surface area contributed by atoms with Gasteiger partial charge in [0.25, 0.3) is 0 Å². The summed E-state index contributed by atoms with van der Waals surface area (Å²) < 4.78 is 29.3. The number of benzene rings is 1. The first-order valence-electron chi connectivity index (χ1n) is 6.18. The van der Waals surface area contributed by atoms with E-state index >= 15 is 0 Å². The highest BCUT2D eigenvalue weighted by Gasteiger charge is 2.18. The Bertz CT molecular complexity index is 713. The molecule has 1 aromatic heterocycles. The van der Waals surface area contributed by atoms with Gasteiger partial charge in [0.05, 0.1) is 23.1 Å². The van der Waals surface area contributed by atoms with Crippen LogP contribution in [0.2, 0.25) is 0 Å². The Morgan fingerprint density at radius 1 is 1.33 bits per heavy atom. The fraction of sp³-hybridized carbons (Fsp3) is 0.286. The smallest absolute Gasteiger partial charge is 0.307 e. The third-order valence-electron chi connectivity index (χ3n) is 3.31. The van der Waals surface area contributed by atoms with Gasteiger partial charge in [0, 0.05) is 16.8 Å². The fourth-order valence-electron chi connectivity index (χ4n) is 2.16. The van der Waals surface area contributed by atoms with Crippen LogP contribution in [0.4, 0.5) is 8.78 Å². The van der Waals surface area contributed by atoms with Gasteiger partial charge in [-0.15, -0.1) is 0 Å². The summed E-state index contributed by atoms with van der Waals surface area (Å²) in [4.78, 5) is 10.8. The summed E-state index contributed by atoms with van der Waals surface area (Å²) in [5, 5.41) is 13.1.